The highest BCUT2D eigenvalue weighted by Crippen LogP contribution is 2.34. The molecular formula is C22H25F3N4O4S. The molecule has 0 atom stereocenters. The maximum absolute atomic E-state index is 13.1. The third-order valence-electron chi connectivity index (χ3n) is 5.41. The van der Waals surface area contributed by atoms with E-state index < -0.39 is 27.7 Å². The number of anilines is 1. The van der Waals surface area contributed by atoms with Crippen LogP contribution in [0.3, 0.4) is 0 Å². The minimum absolute atomic E-state index is 0.0910. The zero-order valence-electron chi connectivity index (χ0n) is 18.5. The average molecular weight is 499 g/mol. The number of sulfonamides is 1. The predicted molar refractivity (Wildman–Crippen MR) is 119 cm³/mol. The van der Waals surface area contributed by atoms with Crippen molar-refractivity contribution >= 4 is 27.5 Å². The number of likely N-dealkylation sites (N-methyl/N-ethyl adjacent to an activating group) is 1. The Morgan fingerprint density at radius 3 is 2.18 bits per heavy atom. The van der Waals surface area contributed by atoms with E-state index in [1.807, 2.05) is 0 Å². The Kier molecular flexibility index (Phi) is 7.95. The highest BCUT2D eigenvalue weighted by atomic mass is 32.2. The molecule has 0 radical (unpaired) electrons. The summed E-state index contributed by atoms with van der Waals surface area (Å²) in [6.45, 7) is 0.738. The lowest BCUT2D eigenvalue weighted by Crippen LogP contribution is -2.52. The average Bonchev–Trinajstić information content (AvgIpc) is 2.79. The second kappa shape index (κ2) is 10.5. The van der Waals surface area contributed by atoms with Crippen molar-refractivity contribution in [3.63, 3.8) is 0 Å². The molecule has 1 heterocycles. The van der Waals surface area contributed by atoms with Crippen LogP contribution in [0, 0.1) is 0 Å². The van der Waals surface area contributed by atoms with Gasteiger partial charge in [0.05, 0.1) is 29.2 Å². The Hall–Kier alpha value is -2.96. The van der Waals surface area contributed by atoms with Crippen LogP contribution in [-0.4, -0.2) is 80.7 Å². The lowest BCUT2D eigenvalue weighted by atomic mass is 10.1. The van der Waals surface area contributed by atoms with Gasteiger partial charge in [0.25, 0.3) is 0 Å². The third-order valence-corrected chi connectivity index (χ3v) is 7.23. The quantitative estimate of drug-likeness (QED) is 0.632. The number of nitrogens with one attached hydrogen (secondary N) is 1. The lowest BCUT2D eigenvalue weighted by molar-refractivity contribution is -0.137. The van der Waals surface area contributed by atoms with Crippen molar-refractivity contribution in [1.82, 2.24) is 14.1 Å². The molecule has 2 aromatic rings. The number of para-hydroxylation sites is 1. The van der Waals surface area contributed by atoms with E-state index in [1.165, 1.54) is 42.3 Å². The van der Waals surface area contributed by atoms with Crippen molar-refractivity contribution in [1.29, 1.82) is 0 Å². The Labute approximate surface area is 196 Å². The zero-order chi connectivity index (χ0) is 24.9. The van der Waals surface area contributed by atoms with Crippen LogP contribution in [-0.2, 0) is 25.8 Å². The van der Waals surface area contributed by atoms with Crippen molar-refractivity contribution < 1.29 is 31.2 Å². The molecule has 1 N–H and O–H groups in total. The number of amides is 2. The van der Waals surface area contributed by atoms with Crippen molar-refractivity contribution in [3.05, 3.63) is 60.2 Å². The standard InChI is InChI=1S/C22H25F3N4O4S/c1-27(34(32,33)17-7-3-2-4-8-17)16-21(31)29-13-11-28(12-14-29)15-20(30)26-19-10-6-5-9-18(19)22(23,24)25/h2-10H,11-16H2,1H3,(H,26,30). The highest BCUT2D eigenvalue weighted by Gasteiger charge is 2.34. The monoisotopic (exact) mass is 498 g/mol. The van der Waals surface area contributed by atoms with Crippen LogP contribution in [0.1, 0.15) is 5.56 Å². The van der Waals surface area contributed by atoms with Crippen LogP contribution in [0.15, 0.2) is 59.5 Å². The minimum atomic E-state index is -4.59. The van der Waals surface area contributed by atoms with Gasteiger partial charge in [-0.15, -0.1) is 0 Å². The van der Waals surface area contributed by atoms with Gasteiger partial charge in [0.1, 0.15) is 0 Å². The van der Waals surface area contributed by atoms with Gasteiger partial charge in [-0.3, -0.25) is 14.5 Å². The number of rotatable bonds is 7. The Morgan fingerprint density at radius 2 is 1.56 bits per heavy atom. The van der Waals surface area contributed by atoms with Gasteiger partial charge < -0.3 is 10.2 Å². The van der Waals surface area contributed by atoms with E-state index in [2.05, 4.69) is 5.32 Å². The van der Waals surface area contributed by atoms with Crippen LogP contribution in [0.2, 0.25) is 0 Å². The van der Waals surface area contributed by atoms with Crippen LogP contribution < -0.4 is 5.32 Å². The second-order valence-electron chi connectivity index (χ2n) is 7.82. The summed E-state index contributed by atoms with van der Waals surface area (Å²) in [7, 11) is -2.47. The van der Waals surface area contributed by atoms with Crippen LogP contribution >= 0.6 is 0 Å². The summed E-state index contributed by atoms with van der Waals surface area (Å²) in [5.74, 6) is -0.963. The first kappa shape index (κ1) is 25.7. The van der Waals surface area contributed by atoms with Gasteiger partial charge >= 0.3 is 6.18 Å². The maximum Gasteiger partial charge on any atom is 0.418 e. The summed E-state index contributed by atoms with van der Waals surface area (Å²) in [4.78, 5) is 28.2. The molecule has 1 saturated heterocycles. The Morgan fingerprint density at radius 1 is 0.971 bits per heavy atom. The normalized spacial score (nSPS) is 15.4. The molecule has 0 saturated carbocycles. The van der Waals surface area contributed by atoms with E-state index in [0.29, 0.717) is 13.1 Å². The number of hydrogen-bond donors (Lipinski definition) is 1. The van der Waals surface area contributed by atoms with E-state index in [0.717, 1.165) is 10.4 Å². The smallest absolute Gasteiger partial charge is 0.339 e. The molecule has 3 rings (SSSR count). The van der Waals surface area contributed by atoms with E-state index in [4.69, 9.17) is 0 Å². The summed E-state index contributed by atoms with van der Waals surface area (Å²) in [5.41, 5.74) is -1.23. The molecule has 0 unspecified atom stereocenters. The van der Waals surface area contributed by atoms with Gasteiger partial charge in [-0.05, 0) is 24.3 Å². The number of halogens is 3. The minimum Gasteiger partial charge on any atom is -0.339 e. The number of piperazine rings is 1. The fourth-order valence-corrected chi connectivity index (χ4v) is 4.68. The number of carbonyl (C=O) groups is 2. The first-order chi connectivity index (χ1) is 16.0. The van der Waals surface area contributed by atoms with E-state index >= 15 is 0 Å². The fourth-order valence-electron chi connectivity index (χ4n) is 3.54. The molecule has 1 fully saturated rings. The summed E-state index contributed by atoms with van der Waals surface area (Å²) in [6.07, 6.45) is -4.59. The SMILES string of the molecule is CN(CC(=O)N1CCN(CC(=O)Nc2ccccc2C(F)(F)F)CC1)S(=O)(=O)c1ccccc1. The van der Waals surface area contributed by atoms with Gasteiger partial charge in [0.15, 0.2) is 0 Å². The molecule has 2 amide bonds. The summed E-state index contributed by atoms with van der Waals surface area (Å²) < 4.78 is 65.5. The van der Waals surface area contributed by atoms with Crippen LogP contribution in [0.4, 0.5) is 18.9 Å². The zero-order valence-corrected chi connectivity index (χ0v) is 19.3. The molecular weight excluding hydrogens is 473 g/mol. The number of carbonyl (C=O) groups excluding carboxylic acids is 2. The van der Waals surface area contributed by atoms with Crippen LogP contribution in [0.25, 0.3) is 0 Å². The molecule has 0 bridgehead atoms. The summed E-state index contributed by atoms with van der Waals surface area (Å²) >= 11 is 0. The first-order valence-electron chi connectivity index (χ1n) is 10.5. The van der Waals surface area contributed by atoms with E-state index in [1.54, 1.807) is 23.1 Å². The molecule has 184 valence electrons. The number of nitrogens with zero attached hydrogens (tertiary/aromatic N) is 3. The first-order valence-corrected chi connectivity index (χ1v) is 11.9. The molecule has 1 aliphatic heterocycles. The molecule has 1 aliphatic rings. The predicted octanol–water partition coefficient (Wildman–Crippen LogP) is 2.11. The van der Waals surface area contributed by atoms with Crippen molar-refractivity contribution in [2.45, 2.75) is 11.1 Å². The van der Waals surface area contributed by atoms with Gasteiger partial charge in [-0.1, -0.05) is 30.3 Å². The van der Waals surface area contributed by atoms with Crippen molar-refractivity contribution in [2.24, 2.45) is 0 Å². The number of hydrogen-bond acceptors (Lipinski definition) is 5. The molecule has 0 aliphatic carbocycles. The molecule has 2 aromatic carbocycles. The van der Waals surface area contributed by atoms with E-state index in [-0.39, 0.29) is 42.7 Å². The Bertz CT molecular complexity index is 1120. The molecule has 8 nitrogen and oxygen atoms in total. The van der Waals surface area contributed by atoms with Gasteiger partial charge in [0.2, 0.25) is 21.8 Å². The molecule has 0 aromatic heterocycles. The van der Waals surface area contributed by atoms with Crippen molar-refractivity contribution in [3.8, 4) is 0 Å². The molecule has 0 spiro atoms. The molecule has 12 heteroatoms. The number of benzene rings is 2. The lowest BCUT2D eigenvalue weighted by Gasteiger charge is -2.35. The van der Waals surface area contributed by atoms with Gasteiger partial charge in [-0.2, -0.15) is 17.5 Å². The summed E-state index contributed by atoms with van der Waals surface area (Å²) in [5, 5.41) is 2.30. The number of alkyl halides is 3. The topological polar surface area (TPSA) is 90.0 Å². The highest BCUT2D eigenvalue weighted by molar-refractivity contribution is 7.89. The van der Waals surface area contributed by atoms with Crippen LogP contribution in [0.5, 0.6) is 0 Å². The summed E-state index contributed by atoms with van der Waals surface area (Å²) in [6, 6.07) is 12.5. The largest absolute Gasteiger partial charge is 0.418 e. The Balaban J connectivity index is 1.50. The molecule has 34 heavy (non-hydrogen) atoms. The van der Waals surface area contributed by atoms with Crippen molar-refractivity contribution in [2.75, 3.05) is 51.6 Å². The van der Waals surface area contributed by atoms with Gasteiger partial charge in [-0.25, -0.2) is 8.42 Å². The fraction of sp³-hybridized carbons (Fsp3) is 0.364. The maximum atomic E-state index is 13.1. The van der Waals surface area contributed by atoms with Gasteiger partial charge in [0, 0.05) is 33.2 Å². The third kappa shape index (κ3) is 6.33. The van der Waals surface area contributed by atoms with E-state index in [9.17, 15) is 31.2 Å². The second-order valence-corrected chi connectivity index (χ2v) is 9.87.